The van der Waals surface area contributed by atoms with Crippen LogP contribution in [0.25, 0.3) is 0 Å². The van der Waals surface area contributed by atoms with E-state index in [0.717, 1.165) is 18.2 Å². The zero-order valence-electron chi connectivity index (χ0n) is 10.4. The molecule has 102 valence electrons. The molecule has 0 bridgehead atoms. The van der Waals surface area contributed by atoms with Gasteiger partial charge in [0.15, 0.2) is 0 Å². The van der Waals surface area contributed by atoms with Gasteiger partial charge in [-0.25, -0.2) is 12.8 Å². The number of halogens is 1. The van der Waals surface area contributed by atoms with Gasteiger partial charge >= 0.3 is 0 Å². The van der Waals surface area contributed by atoms with E-state index in [0.29, 0.717) is 11.5 Å². The van der Waals surface area contributed by atoms with Crippen LogP contribution in [0.5, 0.6) is 0 Å². The number of benzene rings is 1. The molecule has 1 aromatic carbocycles. The van der Waals surface area contributed by atoms with Gasteiger partial charge in [0.05, 0.1) is 16.3 Å². The van der Waals surface area contributed by atoms with Crippen molar-refractivity contribution in [1.82, 2.24) is 9.78 Å². The molecule has 0 aliphatic heterocycles. The number of rotatable bonds is 3. The van der Waals surface area contributed by atoms with Gasteiger partial charge in [0.25, 0.3) is 10.0 Å². The number of nitrogens with one attached hydrogen (secondary N) is 1. The summed E-state index contributed by atoms with van der Waals surface area (Å²) in [5.74, 6) is -0.337. The van der Waals surface area contributed by atoms with E-state index in [4.69, 9.17) is 5.73 Å². The molecule has 6 nitrogen and oxygen atoms in total. The first-order chi connectivity index (χ1) is 8.79. The van der Waals surface area contributed by atoms with Crippen LogP contribution in [0.2, 0.25) is 0 Å². The highest BCUT2D eigenvalue weighted by Crippen LogP contribution is 2.20. The van der Waals surface area contributed by atoms with Crippen molar-refractivity contribution in [1.29, 1.82) is 0 Å². The molecule has 1 heterocycles. The van der Waals surface area contributed by atoms with Gasteiger partial charge in [0.1, 0.15) is 11.6 Å². The summed E-state index contributed by atoms with van der Waals surface area (Å²) in [5.41, 5.74) is 5.82. The molecular weight excluding hydrogens is 271 g/mol. The topological polar surface area (TPSA) is 90.0 Å². The first kappa shape index (κ1) is 13.3. The number of nitrogens with two attached hydrogens (primary N) is 1. The largest absolute Gasteiger partial charge is 0.396 e. The summed E-state index contributed by atoms with van der Waals surface area (Å²) >= 11 is 0. The maximum absolute atomic E-state index is 13.0. The van der Waals surface area contributed by atoms with Crippen LogP contribution >= 0.6 is 0 Å². The van der Waals surface area contributed by atoms with Crippen LogP contribution in [-0.4, -0.2) is 18.2 Å². The van der Waals surface area contributed by atoms with Crippen LogP contribution in [0.15, 0.2) is 29.2 Å². The molecule has 0 radical (unpaired) electrons. The third kappa shape index (κ3) is 2.68. The fourth-order valence-electron chi connectivity index (χ4n) is 1.59. The third-order valence-electron chi connectivity index (χ3n) is 2.52. The summed E-state index contributed by atoms with van der Waals surface area (Å²) in [6.45, 7) is 1.74. The number of aromatic nitrogens is 2. The van der Waals surface area contributed by atoms with Crippen molar-refractivity contribution >= 4 is 21.5 Å². The van der Waals surface area contributed by atoms with Crippen LogP contribution in [0, 0.1) is 12.7 Å². The number of hydrogen-bond acceptors (Lipinski definition) is 4. The molecule has 0 fully saturated rings. The zero-order valence-corrected chi connectivity index (χ0v) is 11.2. The highest BCUT2D eigenvalue weighted by Gasteiger charge is 2.17. The van der Waals surface area contributed by atoms with E-state index in [2.05, 4.69) is 9.82 Å². The highest BCUT2D eigenvalue weighted by atomic mass is 32.2. The predicted octanol–water partition coefficient (Wildman–Crippen LogP) is 1.25. The third-order valence-corrected chi connectivity index (χ3v) is 3.87. The molecule has 0 aliphatic carbocycles. The van der Waals surface area contributed by atoms with Crippen LogP contribution in [-0.2, 0) is 17.1 Å². The second-order valence-electron chi connectivity index (χ2n) is 4.08. The van der Waals surface area contributed by atoms with Crippen LogP contribution in [0.1, 0.15) is 5.69 Å². The van der Waals surface area contributed by atoms with Crippen molar-refractivity contribution in [3.05, 3.63) is 35.8 Å². The number of nitrogen functional groups attached to an aromatic ring is 1. The van der Waals surface area contributed by atoms with Crippen molar-refractivity contribution in [2.75, 3.05) is 10.5 Å². The second-order valence-corrected chi connectivity index (χ2v) is 5.77. The minimum Gasteiger partial charge on any atom is -0.396 e. The normalized spacial score (nSPS) is 11.5. The monoisotopic (exact) mass is 284 g/mol. The van der Waals surface area contributed by atoms with E-state index in [9.17, 15) is 12.8 Å². The average Bonchev–Trinajstić information content (AvgIpc) is 2.60. The van der Waals surface area contributed by atoms with E-state index in [1.165, 1.54) is 4.68 Å². The standard InChI is InChI=1S/C11H13FN4O2S/c1-7-5-11(16(2)14-7)15-19(17,18)8-3-4-9(12)10(13)6-8/h3-6,15H,13H2,1-2H3. The number of sulfonamides is 1. The molecule has 0 atom stereocenters. The summed E-state index contributed by atoms with van der Waals surface area (Å²) in [4.78, 5) is -0.106. The van der Waals surface area contributed by atoms with Gasteiger partial charge in [-0.2, -0.15) is 5.10 Å². The lowest BCUT2D eigenvalue weighted by Gasteiger charge is -2.08. The number of nitrogens with zero attached hydrogens (tertiary/aromatic N) is 2. The minimum absolute atomic E-state index is 0.106. The fourth-order valence-corrected chi connectivity index (χ4v) is 2.71. The van der Waals surface area contributed by atoms with Crippen LogP contribution in [0.3, 0.4) is 0 Å². The van der Waals surface area contributed by atoms with Crippen molar-refractivity contribution < 1.29 is 12.8 Å². The van der Waals surface area contributed by atoms with Gasteiger partial charge < -0.3 is 5.73 Å². The fraction of sp³-hybridized carbons (Fsp3) is 0.182. The van der Waals surface area contributed by atoms with E-state index in [1.807, 2.05) is 0 Å². The summed E-state index contributed by atoms with van der Waals surface area (Å²) in [5, 5.41) is 4.03. The van der Waals surface area contributed by atoms with Crippen LogP contribution in [0.4, 0.5) is 15.9 Å². The maximum Gasteiger partial charge on any atom is 0.263 e. The Morgan fingerprint density at radius 1 is 1.37 bits per heavy atom. The van der Waals surface area contributed by atoms with E-state index < -0.39 is 15.8 Å². The van der Waals surface area contributed by atoms with Gasteiger partial charge in [0.2, 0.25) is 0 Å². The number of anilines is 2. The van der Waals surface area contributed by atoms with Gasteiger partial charge in [-0.15, -0.1) is 0 Å². The van der Waals surface area contributed by atoms with Gasteiger partial charge in [-0.1, -0.05) is 0 Å². The Balaban J connectivity index is 2.37. The Morgan fingerprint density at radius 2 is 2.05 bits per heavy atom. The number of aryl methyl sites for hydroxylation is 2. The predicted molar refractivity (Wildman–Crippen MR) is 69.6 cm³/mol. The smallest absolute Gasteiger partial charge is 0.263 e. The maximum atomic E-state index is 13.0. The molecule has 0 amide bonds. The second kappa shape index (κ2) is 4.54. The van der Waals surface area contributed by atoms with E-state index >= 15 is 0 Å². The SMILES string of the molecule is Cc1cc(NS(=O)(=O)c2ccc(F)c(N)c2)n(C)n1. The summed E-state index contributed by atoms with van der Waals surface area (Å²) < 4.78 is 41.0. The Kier molecular flexibility index (Phi) is 3.19. The first-order valence-corrected chi connectivity index (χ1v) is 6.86. The molecule has 1 aromatic heterocycles. The summed E-state index contributed by atoms with van der Waals surface area (Å²) in [6, 6.07) is 4.82. The highest BCUT2D eigenvalue weighted by molar-refractivity contribution is 7.92. The van der Waals surface area contributed by atoms with Crippen molar-refractivity contribution in [2.24, 2.45) is 7.05 Å². The Labute approximate surface area is 110 Å². The first-order valence-electron chi connectivity index (χ1n) is 5.38. The van der Waals surface area contributed by atoms with Crippen molar-refractivity contribution in [3.63, 3.8) is 0 Å². The molecule has 0 spiro atoms. The zero-order chi connectivity index (χ0) is 14.2. The molecule has 3 N–H and O–H groups in total. The lowest BCUT2D eigenvalue weighted by molar-refractivity contribution is 0.599. The lowest BCUT2D eigenvalue weighted by Crippen LogP contribution is -2.15. The molecule has 0 unspecified atom stereocenters. The Bertz CT molecular complexity index is 724. The molecule has 0 aliphatic rings. The summed E-state index contributed by atoms with van der Waals surface area (Å²) in [7, 11) is -2.20. The van der Waals surface area contributed by atoms with Crippen LogP contribution < -0.4 is 10.5 Å². The number of hydrogen-bond donors (Lipinski definition) is 2. The van der Waals surface area contributed by atoms with Gasteiger partial charge in [0, 0.05) is 13.1 Å². The Hall–Kier alpha value is -2.09. The molecule has 0 saturated heterocycles. The van der Waals surface area contributed by atoms with Gasteiger partial charge in [-0.05, 0) is 25.1 Å². The van der Waals surface area contributed by atoms with Crippen molar-refractivity contribution in [2.45, 2.75) is 11.8 Å². The lowest BCUT2D eigenvalue weighted by atomic mass is 10.3. The average molecular weight is 284 g/mol. The Morgan fingerprint density at radius 3 is 2.58 bits per heavy atom. The summed E-state index contributed by atoms with van der Waals surface area (Å²) in [6.07, 6.45) is 0. The molecule has 19 heavy (non-hydrogen) atoms. The molecule has 2 rings (SSSR count). The molecule has 0 saturated carbocycles. The molecular formula is C11H13FN4O2S. The van der Waals surface area contributed by atoms with E-state index in [-0.39, 0.29) is 10.6 Å². The quantitative estimate of drug-likeness (QED) is 0.830. The minimum atomic E-state index is -3.82. The van der Waals surface area contributed by atoms with E-state index in [1.54, 1.807) is 20.0 Å². The van der Waals surface area contributed by atoms with Gasteiger partial charge in [-0.3, -0.25) is 9.40 Å². The van der Waals surface area contributed by atoms with Crippen molar-refractivity contribution in [3.8, 4) is 0 Å². The molecule has 2 aromatic rings. The molecule has 8 heteroatoms.